The maximum absolute atomic E-state index is 12.1. The lowest BCUT2D eigenvalue weighted by atomic mass is 10.1. The van der Waals surface area contributed by atoms with Gasteiger partial charge < -0.3 is 15.2 Å². The lowest BCUT2D eigenvalue weighted by Gasteiger charge is -2.22. The molecule has 2 rings (SSSR count). The third kappa shape index (κ3) is 3.00. The Balaban J connectivity index is 2.05. The number of ether oxygens (including phenoxy) is 1. The molecule has 108 valence electrons. The molecule has 2 heterocycles. The Kier molecular flexibility index (Phi) is 4.10. The Morgan fingerprint density at radius 3 is 3.00 bits per heavy atom. The highest BCUT2D eigenvalue weighted by molar-refractivity contribution is 7.10. The molecule has 0 bridgehead atoms. The molecule has 0 fully saturated rings. The van der Waals surface area contributed by atoms with E-state index in [1.54, 1.807) is 20.2 Å². The number of carbonyl (C=O) groups excluding carboxylic acids is 1. The van der Waals surface area contributed by atoms with Crippen molar-refractivity contribution in [2.75, 3.05) is 13.7 Å². The first-order chi connectivity index (χ1) is 9.44. The SMILES string of the molecule is COc1nn(C)cc1C(=O)NCC(C)(O)c1cccs1. The predicted molar refractivity (Wildman–Crippen MR) is 76.0 cm³/mol. The normalized spacial score (nSPS) is 13.8. The van der Waals surface area contributed by atoms with Crippen LogP contribution in [0.15, 0.2) is 23.7 Å². The minimum absolute atomic E-state index is 0.115. The monoisotopic (exact) mass is 295 g/mol. The number of rotatable bonds is 5. The standard InChI is InChI=1S/C13H17N3O3S/c1-13(18,10-5-4-6-20-10)8-14-11(17)9-7-16(2)15-12(9)19-3/h4-7,18H,8H2,1-3H3,(H,14,17). The Bertz CT molecular complexity index is 590. The van der Waals surface area contributed by atoms with Crippen LogP contribution < -0.4 is 10.1 Å². The van der Waals surface area contributed by atoms with Gasteiger partial charge in [-0.25, -0.2) is 0 Å². The van der Waals surface area contributed by atoms with E-state index in [-0.39, 0.29) is 18.3 Å². The molecule has 0 aliphatic rings. The molecular formula is C13H17N3O3S. The summed E-state index contributed by atoms with van der Waals surface area (Å²) >= 11 is 1.45. The number of hydrogen-bond donors (Lipinski definition) is 2. The number of hydrogen-bond acceptors (Lipinski definition) is 5. The Hall–Kier alpha value is -1.86. The molecule has 0 saturated carbocycles. The molecule has 2 aromatic heterocycles. The summed E-state index contributed by atoms with van der Waals surface area (Å²) in [6.07, 6.45) is 1.58. The topological polar surface area (TPSA) is 76.4 Å². The van der Waals surface area contributed by atoms with Crippen LogP contribution in [0, 0.1) is 0 Å². The molecule has 0 radical (unpaired) electrons. The van der Waals surface area contributed by atoms with Crippen LogP contribution >= 0.6 is 11.3 Å². The fourth-order valence-corrected chi connectivity index (χ4v) is 2.58. The first-order valence-electron chi connectivity index (χ1n) is 6.06. The first-order valence-corrected chi connectivity index (χ1v) is 6.94. The van der Waals surface area contributed by atoms with E-state index in [1.807, 2.05) is 17.5 Å². The van der Waals surface area contributed by atoms with Crippen molar-refractivity contribution in [2.45, 2.75) is 12.5 Å². The van der Waals surface area contributed by atoms with Gasteiger partial charge in [-0.1, -0.05) is 6.07 Å². The summed E-state index contributed by atoms with van der Waals surface area (Å²) in [5.41, 5.74) is -0.754. The molecule has 6 nitrogen and oxygen atoms in total. The van der Waals surface area contributed by atoms with Gasteiger partial charge in [0.2, 0.25) is 5.88 Å². The fourth-order valence-electron chi connectivity index (χ4n) is 1.79. The molecule has 0 spiro atoms. The lowest BCUT2D eigenvalue weighted by Crippen LogP contribution is -2.38. The molecule has 1 atom stereocenters. The van der Waals surface area contributed by atoms with Gasteiger partial charge in [-0.15, -0.1) is 16.4 Å². The van der Waals surface area contributed by atoms with Crippen molar-refractivity contribution in [3.8, 4) is 5.88 Å². The van der Waals surface area contributed by atoms with Crippen molar-refractivity contribution < 1.29 is 14.6 Å². The van der Waals surface area contributed by atoms with Crippen LogP contribution in [0.2, 0.25) is 0 Å². The second kappa shape index (κ2) is 5.64. The number of thiophene rings is 1. The summed E-state index contributed by atoms with van der Waals surface area (Å²) in [5.74, 6) is -0.0625. The third-order valence-corrected chi connectivity index (χ3v) is 4.00. The largest absolute Gasteiger partial charge is 0.479 e. The van der Waals surface area contributed by atoms with E-state index >= 15 is 0 Å². The Morgan fingerprint density at radius 1 is 1.65 bits per heavy atom. The van der Waals surface area contributed by atoms with E-state index in [2.05, 4.69) is 10.4 Å². The van der Waals surface area contributed by atoms with Gasteiger partial charge in [-0.05, 0) is 18.4 Å². The van der Waals surface area contributed by atoms with Gasteiger partial charge in [0.15, 0.2) is 0 Å². The van der Waals surface area contributed by atoms with Crippen molar-refractivity contribution in [3.63, 3.8) is 0 Å². The van der Waals surface area contributed by atoms with E-state index in [0.717, 1.165) is 4.88 Å². The van der Waals surface area contributed by atoms with E-state index in [0.29, 0.717) is 5.56 Å². The molecule has 0 saturated heterocycles. The van der Waals surface area contributed by atoms with Crippen molar-refractivity contribution in [1.82, 2.24) is 15.1 Å². The first kappa shape index (κ1) is 14.5. The molecule has 20 heavy (non-hydrogen) atoms. The quantitative estimate of drug-likeness (QED) is 0.867. The lowest BCUT2D eigenvalue weighted by molar-refractivity contribution is 0.0556. The zero-order valence-electron chi connectivity index (χ0n) is 11.6. The van der Waals surface area contributed by atoms with Crippen LogP contribution in [0.3, 0.4) is 0 Å². The van der Waals surface area contributed by atoms with Crippen LogP contribution in [0.4, 0.5) is 0 Å². The number of amides is 1. The molecule has 2 aromatic rings. The van der Waals surface area contributed by atoms with Crippen LogP contribution in [-0.2, 0) is 12.6 Å². The van der Waals surface area contributed by atoms with Crippen LogP contribution in [0.25, 0.3) is 0 Å². The molecule has 2 N–H and O–H groups in total. The minimum atomic E-state index is -1.10. The summed E-state index contributed by atoms with van der Waals surface area (Å²) in [6.45, 7) is 1.78. The van der Waals surface area contributed by atoms with Gasteiger partial charge >= 0.3 is 0 Å². The highest BCUT2D eigenvalue weighted by Crippen LogP contribution is 2.24. The number of aromatic nitrogens is 2. The van der Waals surface area contributed by atoms with E-state index in [9.17, 15) is 9.90 Å². The Labute approximate surface area is 121 Å². The van der Waals surface area contributed by atoms with Crippen molar-refractivity contribution in [3.05, 3.63) is 34.2 Å². The van der Waals surface area contributed by atoms with Crippen molar-refractivity contribution in [1.29, 1.82) is 0 Å². The zero-order chi connectivity index (χ0) is 14.8. The van der Waals surface area contributed by atoms with E-state index in [1.165, 1.54) is 23.1 Å². The number of carbonyl (C=O) groups is 1. The van der Waals surface area contributed by atoms with Gasteiger partial charge in [-0.2, -0.15) is 0 Å². The molecule has 0 aliphatic carbocycles. The number of aliphatic hydroxyl groups is 1. The van der Waals surface area contributed by atoms with Crippen LogP contribution in [-0.4, -0.2) is 34.4 Å². The smallest absolute Gasteiger partial charge is 0.258 e. The highest BCUT2D eigenvalue weighted by Gasteiger charge is 2.26. The zero-order valence-corrected chi connectivity index (χ0v) is 12.4. The average molecular weight is 295 g/mol. The minimum Gasteiger partial charge on any atom is -0.479 e. The van der Waals surface area contributed by atoms with Gasteiger partial charge in [0.1, 0.15) is 11.2 Å². The fraction of sp³-hybridized carbons (Fsp3) is 0.385. The molecule has 1 amide bonds. The maximum Gasteiger partial charge on any atom is 0.258 e. The van der Waals surface area contributed by atoms with Gasteiger partial charge in [0.05, 0.1) is 13.7 Å². The van der Waals surface area contributed by atoms with Gasteiger partial charge in [-0.3, -0.25) is 9.48 Å². The van der Waals surface area contributed by atoms with Crippen LogP contribution in [0.5, 0.6) is 5.88 Å². The summed E-state index contributed by atoms with van der Waals surface area (Å²) in [7, 11) is 3.17. The summed E-state index contributed by atoms with van der Waals surface area (Å²) in [6, 6.07) is 3.70. The molecular weight excluding hydrogens is 278 g/mol. The molecule has 1 unspecified atom stereocenters. The maximum atomic E-state index is 12.1. The van der Waals surface area contributed by atoms with E-state index in [4.69, 9.17) is 4.74 Å². The summed E-state index contributed by atoms with van der Waals surface area (Å²) < 4.78 is 6.54. The predicted octanol–water partition coefficient (Wildman–Crippen LogP) is 1.13. The summed E-state index contributed by atoms with van der Waals surface area (Å²) in [4.78, 5) is 12.9. The Morgan fingerprint density at radius 2 is 2.40 bits per heavy atom. The van der Waals surface area contributed by atoms with Crippen molar-refractivity contribution >= 4 is 17.2 Å². The van der Waals surface area contributed by atoms with Crippen LogP contribution in [0.1, 0.15) is 22.2 Å². The number of nitrogens with one attached hydrogen (secondary N) is 1. The number of methoxy groups -OCH3 is 1. The second-order valence-electron chi connectivity index (χ2n) is 4.66. The number of aryl methyl sites for hydroxylation is 1. The van der Waals surface area contributed by atoms with Gasteiger partial charge in [0, 0.05) is 18.1 Å². The number of nitrogens with zero attached hydrogens (tertiary/aromatic N) is 2. The highest BCUT2D eigenvalue weighted by atomic mass is 32.1. The average Bonchev–Trinajstić information content (AvgIpc) is 3.05. The molecule has 0 aliphatic heterocycles. The third-order valence-electron chi connectivity index (χ3n) is 2.88. The van der Waals surface area contributed by atoms with E-state index < -0.39 is 5.60 Å². The molecule has 7 heteroatoms. The molecule has 0 aromatic carbocycles. The summed E-state index contributed by atoms with van der Waals surface area (Å²) in [5, 5.41) is 18.9. The van der Waals surface area contributed by atoms with Gasteiger partial charge in [0.25, 0.3) is 5.91 Å². The van der Waals surface area contributed by atoms with Crippen molar-refractivity contribution in [2.24, 2.45) is 7.05 Å². The second-order valence-corrected chi connectivity index (χ2v) is 5.61.